The quantitative estimate of drug-likeness (QED) is 0.573. The Balaban J connectivity index is 3.11. The number of carbonyl (C=O) groups excluding carboxylic acids is 1. The van der Waals surface area contributed by atoms with Crippen LogP contribution in [0.25, 0.3) is 0 Å². The number of rotatable bonds is 10. The van der Waals surface area contributed by atoms with Crippen molar-refractivity contribution in [2.24, 2.45) is 5.92 Å². The van der Waals surface area contributed by atoms with Crippen molar-refractivity contribution in [3.8, 4) is 0 Å². The Morgan fingerprint density at radius 3 is 2.18 bits per heavy atom. The molecule has 1 amide bonds. The maximum Gasteiger partial charge on any atom is 0.222 e. The normalized spacial score (nSPS) is 11.2. The summed E-state index contributed by atoms with van der Waals surface area (Å²) in [4.78, 5) is 11.2. The molecule has 0 rings (SSSR count). The first-order chi connectivity index (χ1) is 8.04. The van der Waals surface area contributed by atoms with Gasteiger partial charge in [-0.25, -0.2) is 0 Å². The summed E-state index contributed by atoms with van der Waals surface area (Å²) in [6, 6.07) is 0.543. The van der Waals surface area contributed by atoms with Gasteiger partial charge in [-0.2, -0.15) is 0 Å². The Labute approximate surface area is 105 Å². The van der Waals surface area contributed by atoms with Crippen molar-refractivity contribution in [3.63, 3.8) is 0 Å². The van der Waals surface area contributed by atoms with Crippen LogP contribution in [0.15, 0.2) is 0 Å². The average Bonchev–Trinajstić information content (AvgIpc) is 2.25. The van der Waals surface area contributed by atoms with Gasteiger partial charge in [0.1, 0.15) is 0 Å². The van der Waals surface area contributed by atoms with Gasteiger partial charge in [0.05, 0.1) is 0 Å². The monoisotopic (exact) mass is 244 g/mol. The first-order valence-corrected chi connectivity index (χ1v) is 6.63. The molecular formula is C13H28N2O2. The molecule has 102 valence electrons. The van der Waals surface area contributed by atoms with Gasteiger partial charge in [-0.15, -0.1) is 0 Å². The number of nitrogens with one attached hydrogen (secondary N) is 2. The van der Waals surface area contributed by atoms with Crippen LogP contribution in [0.4, 0.5) is 0 Å². The molecule has 4 nitrogen and oxygen atoms in total. The Kier molecular flexibility index (Phi) is 10.2. The van der Waals surface area contributed by atoms with Gasteiger partial charge < -0.3 is 15.4 Å². The van der Waals surface area contributed by atoms with E-state index in [2.05, 4.69) is 24.5 Å². The van der Waals surface area contributed by atoms with Gasteiger partial charge in [0.15, 0.2) is 0 Å². The summed E-state index contributed by atoms with van der Waals surface area (Å²) < 4.78 is 5.47. The molecule has 0 atom stereocenters. The Morgan fingerprint density at radius 1 is 1.06 bits per heavy atom. The number of carbonyl (C=O) groups is 1. The molecule has 0 aliphatic carbocycles. The van der Waals surface area contributed by atoms with Gasteiger partial charge in [-0.1, -0.05) is 27.7 Å². The van der Waals surface area contributed by atoms with Crippen LogP contribution in [0.1, 0.15) is 40.5 Å². The molecule has 0 spiro atoms. The fourth-order valence-electron chi connectivity index (χ4n) is 1.26. The van der Waals surface area contributed by atoms with E-state index >= 15 is 0 Å². The van der Waals surface area contributed by atoms with Crippen molar-refractivity contribution in [3.05, 3.63) is 0 Å². The average molecular weight is 244 g/mol. The molecule has 17 heavy (non-hydrogen) atoms. The van der Waals surface area contributed by atoms with Crippen LogP contribution < -0.4 is 10.6 Å². The molecule has 0 aromatic rings. The van der Waals surface area contributed by atoms with Crippen molar-refractivity contribution in [2.45, 2.75) is 46.6 Å². The number of hydrogen-bond donors (Lipinski definition) is 2. The van der Waals surface area contributed by atoms with E-state index in [1.165, 1.54) is 0 Å². The molecule has 4 heteroatoms. The zero-order valence-corrected chi connectivity index (χ0v) is 11.7. The Hall–Kier alpha value is -0.610. The summed E-state index contributed by atoms with van der Waals surface area (Å²) in [7, 11) is 0. The summed E-state index contributed by atoms with van der Waals surface area (Å²) in [6.45, 7) is 11.3. The van der Waals surface area contributed by atoms with E-state index in [4.69, 9.17) is 4.74 Å². The van der Waals surface area contributed by atoms with E-state index in [1.807, 2.05) is 13.8 Å². The van der Waals surface area contributed by atoms with E-state index in [-0.39, 0.29) is 11.8 Å². The van der Waals surface area contributed by atoms with Gasteiger partial charge in [0.25, 0.3) is 0 Å². The van der Waals surface area contributed by atoms with Gasteiger partial charge in [-0.05, 0) is 19.4 Å². The SMILES string of the molecule is CC(C)NCCCOCCCNC(=O)C(C)C. The third kappa shape index (κ3) is 11.6. The van der Waals surface area contributed by atoms with E-state index < -0.39 is 0 Å². The maximum atomic E-state index is 11.2. The third-order valence-corrected chi connectivity index (χ3v) is 2.31. The van der Waals surface area contributed by atoms with Crippen LogP contribution in [0, 0.1) is 5.92 Å². The minimum absolute atomic E-state index is 0.0676. The van der Waals surface area contributed by atoms with E-state index in [1.54, 1.807) is 0 Å². The highest BCUT2D eigenvalue weighted by atomic mass is 16.5. The Bertz CT molecular complexity index is 194. The summed E-state index contributed by atoms with van der Waals surface area (Å²) in [6.07, 6.45) is 1.92. The molecule has 0 unspecified atom stereocenters. The number of ether oxygens (including phenoxy) is 1. The molecule has 0 aromatic heterocycles. The lowest BCUT2D eigenvalue weighted by Gasteiger charge is -2.09. The van der Waals surface area contributed by atoms with Crippen molar-refractivity contribution < 1.29 is 9.53 Å². The predicted octanol–water partition coefficient (Wildman–Crippen LogP) is 1.55. The molecule has 0 radical (unpaired) electrons. The van der Waals surface area contributed by atoms with Crippen molar-refractivity contribution in [1.82, 2.24) is 10.6 Å². The Morgan fingerprint density at radius 2 is 1.65 bits per heavy atom. The van der Waals surface area contributed by atoms with Crippen LogP contribution >= 0.6 is 0 Å². The minimum Gasteiger partial charge on any atom is -0.381 e. The smallest absolute Gasteiger partial charge is 0.222 e. The standard InChI is InChI=1S/C13H28N2O2/c1-11(2)13(16)15-8-6-10-17-9-5-7-14-12(3)4/h11-12,14H,5-10H2,1-4H3,(H,15,16). The van der Waals surface area contributed by atoms with E-state index in [0.29, 0.717) is 12.6 Å². The molecule has 0 heterocycles. The third-order valence-electron chi connectivity index (χ3n) is 2.31. The summed E-state index contributed by atoms with van der Waals surface area (Å²) in [5, 5.41) is 6.21. The lowest BCUT2D eigenvalue weighted by molar-refractivity contribution is -0.124. The van der Waals surface area contributed by atoms with Gasteiger partial charge >= 0.3 is 0 Å². The molecule has 2 N–H and O–H groups in total. The fourth-order valence-corrected chi connectivity index (χ4v) is 1.26. The molecule has 0 saturated heterocycles. The van der Waals surface area contributed by atoms with E-state index in [0.717, 1.165) is 32.6 Å². The molecule has 0 aliphatic rings. The van der Waals surface area contributed by atoms with Crippen LogP contribution in [-0.2, 0) is 9.53 Å². The van der Waals surface area contributed by atoms with Crippen molar-refractivity contribution in [1.29, 1.82) is 0 Å². The van der Waals surface area contributed by atoms with E-state index in [9.17, 15) is 4.79 Å². The van der Waals surface area contributed by atoms with Crippen LogP contribution in [0.5, 0.6) is 0 Å². The highest BCUT2D eigenvalue weighted by molar-refractivity contribution is 5.77. The minimum atomic E-state index is 0.0676. The van der Waals surface area contributed by atoms with Crippen LogP contribution in [0.2, 0.25) is 0 Å². The van der Waals surface area contributed by atoms with Gasteiger partial charge in [0, 0.05) is 31.7 Å². The highest BCUT2D eigenvalue weighted by Crippen LogP contribution is 1.91. The lowest BCUT2D eigenvalue weighted by Crippen LogP contribution is -2.29. The zero-order valence-electron chi connectivity index (χ0n) is 11.7. The molecule has 0 bridgehead atoms. The topological polar surface area (TPSA) is 50.4 Å². The summed E-state index contributed by atoms with van der Waals surface area (Å²) >= 11 is 0. The molecule has 0 fully saturated rings. The lowest BCUT2D eigenvalue weighted by atomic mass is 10.2. The van der Waals surface area contributed by atoms with Gasteiger partial charge in [0.2, 0.25) is 5.91 Å². The highest BCUT2D eigenvalue weighted by Gasteiger charge is 2.04. The second kappa shape index (κ2) is 10.5. The maximum absolute atomic E-state index is 11.2. The molecule has 0 aromatic carbocycles. The number of hydrogen-bond acceptors (Lipinski definition) is 3. The second-order valence-corrected chi connectivity index (χ2v) is 4.87. The predicted molar refractivity (Wildman–Crippen MR) is 71.0 cm³/mol. The number of amides is 1. The molecular weight excluding hydrogens is 216 g/mol. The zero-order chi connectivity index (χ0) is 13.1. The van der Waals surface area contributed by atoms with Crippen LogP contribution in [0.3, 0.4) is 0 Å². The van der Waals surface area contributed by atoms with Crippen molar-refractivity contribution >= 4 is 5.91 Å². The first kappa shape index (κ1) is 16.4. The second-order valence-electron chi connectivity index (χ2n) is 4.87. The molecule has 0 saturated carbocycles. The van der Waals surface area contributed by atoms with Crippen LogP contribution in [-0.4, -0.2) is 38.3 Å². The molecule has 0 aliphatic heterocycles. The largest absolute Gasteiger partial charge is 0.381 e. The first-order valence-electron chi connectivity index (χ1n) is 6.63. The summed E-state index contributed by atoms with van der Waals surface area (Å²) in [5.41, 5.74) is 0. The van der Waals surface area contributed by atoms with Crippen molar-refractivity contribution in [2.75, 3.05) is 26.3 Å². The summed E-state index contributed by atoms with van der Waals surface area (Å²) in [5.74, 6) is 0.184. The fraction of sp³-hybridized carbons (Fsp3) is 0.923. The van der Waals surface area contributed by atoms with Gasteiger partial charge in [-0.3, -0.25) is 4.79 Å².